The van der Waals surface area contributed by atoms with Gasteiger partial charge in [-0.05, 0) is 63.5 Å². The zero-order chi connectivity index (χ0) is 11.6. The van der Waals surface area contributed by atoms with Gasteiger partial charge in [0.2, 0.25) is 0 Å². The van der Waals surface area contributed by atoms with Gasteiger partial charge in [-0.25, -0.2) is 0 Å². The van der Waals surface area contributed by atoms with Crippen molar-refractivity contribution in [3.05, 3.63) is 0 Å². The minimum absolute atomic E-state index is 0.187. The molecule has 3 heteroatoms. The van der Waals surface area contributed by atoms with Gasteiger partial charge in [-0.1, -0.05) is 0 Å². The van der Waals surface area contributed by atoms with Gasteiger partial charge in [0.25, 0.3) is 0 Å². The number of nitrogens with one attached hydrogen (secondary N) is 1. The van der Waals surface area contributed by atoms with Crippen LogP contribution >= 0.6 is 0 Å². The SMILES string of the molecule is C1CC(C2CCOC3(CCOCC3)C2)CCN1. The van der Waals surface area contributed by atoms with E-state index in [0.29, 0.717) is 0 Å². The lowest BCUT2D eigenvalue weighted by molar-refractivity contribution is -0.153. The molecule has 17 heavy (non-hydrogen) atoms. The van der Waals surface area contributed by atoms with Crippen LogP contribution in [0.15, 0.2) is 0 Å². The van der Waals surface area contributed by atoms with Crippen LogP contribution in [0.2, 0.25) is 0 Å². The van der Waals surface area contributed by atoms with Crippen molar-refractivity contribution in [1.82, 2.24) is 5.32 Å². The molecular formula is C14H25NO2. The van der Waals surface area contributed by atoms with Crippen LogP contribution in [-0.2, 0) is 9.47 Å². The number of hydrogen-bond donors (Lipinski definition) is 1. The first-order chi connectivity index (χ1) is 8.38. The summed E-state index contributed by atoms with van der Waals surface area (Å²) in [5.41, 5.74) is 0.187. The minimum atomic E-state index is 0.187. The van der Waals surface area contributed by atoms with Crippen molar-refractivity contribution < 1.29 is 9.47 Å². The highest BCUT2D eigenvalue weighted by Crippen LogP contribution is 2.41. The molecule has 0 saturated carbocycles. The third-order valence-corrected chi connectivity index (χ3v) is 4.99. The first-order valence-corrected chi connectivity index (χ1v) is 7.30. The second-order valence-electron chi connectivity index (χ2n) is 5.98. The van der Waals surface area contributed by atoms with Gasteiger partial charge in [0.05, 0.1) is 5.60 Å². The van der Waals surface area contributed by atoms with Crippen LogP contribution in [-0.4, -0.2) is 38.5 Å². The summed E-state index contributed by atoms with van der Waals surface area (Å²) in [4.78, 5) is 0. The second-order valence-corrected chi connectivity index (χ2v) is 5.98. The van der Waals surface area contributed by atoms with Gasteiger partial charge in [0, 0.05) is 19.8 Å². The molecule has 1 spiro atoms. The van der Waals surface area contributed by atoms with Gasteiger partial charge in [0.1, 0.15) is 0 Å². The molecule has 3 saturated heterocycles. The van der Waals surface area contributed by atoms with E-state index in [1.54, 1.807) is 0 Å². The van der Waals surface area contributed by atoms with Crippen molar-refractivity contribution in [2.45, 2.75) is 44.1 Å². The highest BCUT2D eigenvalue weighted by atomic mass is 16.5. The van der Waals surface area contributed by atoms with Crippen molar-refractivity contribution in [3.8, 4) is 0 Å². The summed E-state index contributed by atoms with van der Waals surface area (Å²) >= 11 is 0. The van der Waals surface area contributed by atoms with E-state index in [4.69, 9.17) is 9.47 Å². The Labute approximate surface area is 104 Å². The summed E-state index contributed by atoms with van der Waals surface area (Å²) in [7, 11) is 0. The fraction of sp³-hybridized carbons (Fsp3) is 1.00. The van der Waals surface area contributed by atoms with Crippen molar-refractivity contribution in [2.24, 2.45) is 11.8 Å². The van der Waals surface area contributed by atoms with Gasteiger partial charge in [-0.15, -0.1) is 0 Å². The lowest BCUT2D eigenvalue weighted by Crippen LogP contribution is -2.46. The topological polar surface area (TPSA) is 30.5 Å². The fourth-order valence-electron chi connectivity index (χ4n) is 3.88. The van der Waals surface area contributed by atoms with Crippen molar-refractivity contribution >= 4 is 0 Å². The molecule has 1 N–H and O–H groups in total. The maximum Gasteiger partial charge on any atom is 0.0729 e. The van der Waals surface area contributed by atoms with Crippen LogP contribution in [0.4, 0.5) is 0 Å². The van der Waals surface area contributed by atoms with Gasteiger partial charge in [-0.2, -0.15) is 0 Å². The molecule has 98 valence electrons. The van der Waals surface area contributed by atoms with Crippen LogP contribution in [0.3, 0.4) is 0 Å². The molecule has 0 radical (unpaired) electrons. The molecule has 3 aliphatic rings. The van der Waals surface area contributed by atoms with E-state index in [1.807, 2.05) is 0 Å². The summed E-state index contributed by atoms with van der Waals surface area (Å²) < 4.78 is 11.6. The number of ether oxygens (including phenoxy) is 2. The third-order valence-electron chi connectivity index (χ3n) is 4.99. The largest absolute Gasteiger partial charge is 0.381 e. The quantitative estimate of drug-likeness (QED) is 0.759. The lowest BCUT2D eigenvalue weighted by atomic mass is 9.73. The minimum Gasteiger partial charge on any atom is -0.381 e. The molecule has 0 bridgehead atoms. The second kappa shape index (κ2) is 5.25. The van der Waals surface area contributed by atoms with Crippen molar-refractivity contribution in [3.63, 3.8) is 0 Å². The maximum atomic E-state index is 6.13. The molecule has 3 nitrogen and oxygen atoms in total. The van der Waals surface area contributed by atoms with Gasteiger partial charge < -0.3 is 14.8 Å². The van der Waals surface area contributed by atoms with E-state index in [1.165, 1.54) is 38.8 Å². The van der Waals surface area contributed by atoms with Crippen LogP contribution in [0.1, 0.15) is 38.5 Å². The van der Waals surface area contributed by atoms with Gasteiger partial charge in [-0.3, -0.25) is 0 Å². The molecule has 0 aliphatic carbocycles. The monoisotopic (exact) mass is 239 g/mol. The molecule has 3 aliphatic heterocycles. The average molecular weight is 239 g/mol. The molecule has 1 unspecified atom stereocenters. The van der Waals surface area contributed by atoms with Crippen LogP contribution in [0.25, 0.3) is 0 Å². The summed E-state index contributed by atoms with van der Waals surface area (Å²) in [6, 6.07) is 0. The Hall–Kier alpha value is -0.120. The maximum absolute atomic E-state index is 6.13. The zero-order valence-electron chi connectivity index (χ0n) is 10.7. The van der Waals surface area contributed by atoms with Crippen LogP contribution in [0, 0.1) is 11.8 Å². The first-order valence-electron chi connectivity index (χ1n) is 7.30. The molecular weight excluding hydrogens is 214 g/mol. The Morgan fingerprint density at radius 1 is 0.882 bits per heavy atom. The predicted molar refractivity (Wildman–Crippen MR) is 67.1 cm³/mol. The summed E-state index contributed by atoms with van der Waals surface area (Å²) in [5.74, 6) is 1.85. The predicted octanol–water partition coefficient (Wildman–Crippen LogP) is 1.96. The molecule has 1 atom stereocenters. The normalized spacial score (nSPS) is 34.9. The molecule has 3 heterocycles. The van der Waals surface area contributed by atoms with Crippen molar-refractivity contribution in [2.75, 3.05) is 32.9 Å². The number of piperidine rings is 1. The van der Waals surface area contributed by atoms with Crippen LogP contribution < -0.4 is 5.32 Å². The third kappa shape index (κ3) is 2.67. The van der Waals surface area contributed by atoms with E-state index < -0.39 is 0 Å². The Bertz CT molecular complexity index is 239. The Balaban J connectivity index is 1.61. The summed E-state index contributed by atoms with van der Waals surface area (Å²) in [5, 5.41) is 3.47. The van der Waals surface area contributed by atoms with E-state index in [-0.39, 0.29) is 5.60 Å². The Morgan fingerprint density at radius 2 is 1.65 bits per heavy atom. The van der Waals surface area contributed by atoms with E-state index in [9.17, 15) is 0 Å². The van der Waals surface area contributed by atoms with E-state index >= 15 is 0 Å². The Morgan fingerprint density at radius 3 is 2.41 bits per heavy atom. The number of hydrogen-bond acceptors (Lipinski definition) is 3. The first kappa shape index (κ1) is 11.9. The summed E-state index contributed by atoms with van der Waals surface area (Å²) in [6.07, 6.45) is 7.56. The number of rotatable bonds is 1. The van der Waals surface area contributed by atoms with Gasteiger partial charge in [0.15, 0.2) is 0 Å². The standard InChI is InChI=1S/C14H25NO2/c1-6-15-7-2-12(1)13-3-8-17-14(11-13)4-9-16-10-5-14/h12-13,15H,1-11H2. The van der Waals surface area contributed by atoms with E-state index in [2.05, 4.69) is 5.32 Å². The highest BCUT2D eigenvalue weighted by molar-refractivity contribution is 4.91. The molecule has 0 aromatic carbocycles. The van der Waals surface area contributed by atoms with Gasteiger partial charge >= 0.3 is 0 Å². The smallest absolute Gasteiger partial charge is 0.0729 e. The lowest BCUT2D eigenvalue weighted by Gasteiger charge is -2.46. The van der Waals surface area contributed by atoms with Crippen molar-refractivity contribution in [1.29, 1.82) is 0 Å². The van der Waals surface area contributed by atoms with E-state index in [0.717, 1.165) is 44.5 Å². The van der Waals surface area contributed by atoms with Crippen LogP contribution in [0.5, 0.6) is 0 Å². The molecule has 3 fully saturated rings. The molecule has 0 amide bonds. The average Bonchev–Trinajstić information content (AvgIpc) is 2.41. The summed E-state index contributed by atoms with van der Waals surface area (Å²) in [6.45, 7) is 5.22. The molecule has 0 aromatic rings. The Kier molecular flexibility index (Phi) is 3.69. The zero-order valence-corrected chi connectivity index (χ0v) is 10.7. The molecule has 3 rings (SSSR count). The molecule has 0 aromatic heterocycles. The highest BCUT2D eigenvalue weighted by Gasteiger charge is 2.41. The fourth-order valence-corrected chi connectivity index (χ4v) is 3.88.